The Hall–Kier alpha value is -2.40. The second-order valence-corrected chi connectivity index (χ2v) is 5.31. The molecule has 0 aliphatic carbocycles. The molecule has 0 N–H and O–H groups in total. The van der Waals surface area contributed by atoms with Crippen molar-refractivity contribution in [2.75, 3.05) is 7.11 Å². The molecule has 0 amide bonds. The minimum absolute atomic E-state index is 0.177. The van der Waals surface area contributed by atoms with Gasteiger partial charge in [-0.15, -0.1) is 11.3 Å². The number of benzene rings is 2. The largest absolute Gasteiger partial charge is 0.497 e. The van der Waals surface area contributed by atoms with Crippen LogP contribution < -0.4 is 4.74 Å². The normalized spacial score (nSPS) is 10.7. The zero-order valence-corrected chi connectivity index (χ0v) is 11.5. The maximum atomic E-state index is 11.4. The molecule has 0 aliphatic heterocycles. The van der Waals surface area contributed by atoms with Crippen molar-refractivity contribution in [3.63, 3.8) is 0 Å². The number of rotatable bonds is 3. The highest BCUT2D eigenvalue weighted by Gasteiger charge is 2.23. The molecule has 20 heavy (non-hydrogen) atoms. The van der Waals surface area contributed by atoms with Gasteiger partial charge < -0.3 is 4.74 Å². The topological polar surface area (TPSA) is 52.4 Å². The van der Waals surface area contributed by atoms with Gasteiger partial charge in [-0.25, -0.2) is 0 Å². The van der Waals surface area contributed by atoms with E-state index in [0.717, 1.165) is 16.0 Å². The Morgan fingerprint density at radius 1 is 1.10 bits per heavy atom. The molecule has 4 nitrogen and oxygen atoms in total. The van der Waals surface area contributed by atoms with Crippen LogP contribution in [0.5, 0.6) is 5.75 Å². The molecule has 0 spiro atoms. The predicted octanol–water partition coefficient (Wildman–Crippen LogP) is 4.49. The fourth-order valence-electron chi connectivity index (χ4n) is 2.15. The van der Waals surface area contributed by atoms with Crippen LogP contribution in [0, 0.1) is 10.1 Å². The van der Waals surface area contributed by atoms with Crippen LogP contribution in [-0.2, 0) is 0 Å². The number of hydrogen-bond donors (Lipinski definition) is 0. The third kappa shape index (κ3) is 2.02. The van der Waals surface area contributed by atoms with Crippen LogP contribution in [0.1, 0.15) is 0 Å². The van der Waals surface area contributed by atoms with E-state index < -0.39 is 0 Å². The average molecular weight is 285 g/mol. The van der Waals surface area contributed by atoms with Crippen LogP contribution in [0.25, 0.3) is 20.5 Å². The van der Waals surface area contributed by atoms with E-state index in [2.05, 4.69) is 0 Å². The Bertz CT molecular complexity index is 777. The summed E-state index contributed by atoms with van der Waals surface area (Å²) in [5, 5.41) is 12.1. The molecule has 0 saturated heterocycles. The number of ether oxygens (including phenoxy) is 1. The van der Waals surface area contributed by atoms with Gasteiger partial charge in [-0.05, 0) is 42.0 Å². The van der Waals surface area contributed by atoms with Gasteiger partial charge in [0.1, 0.15) is 10.6 Å². The highest BCUT2D eigenvalue weighted by molar-refractivity contribution is 7.23. The van der Waals surface area contributed by atoms with Crippen LogP contribution in [-0.4, -0.2) is 12.0 Å². The van der Waals surface area contributed by atoms with Gasteiger partial charge in [-0.3, -0.25) is 10.1 Å². The van der Waals surface area contributed by atoms with Gasteiger partial charge in [-0.2, -0.15) is 0 Å². The van der Waals surface area contributed by atoms with Crippen molar-refractivity contribution in [2.24, 2.45) is 0 Å². The summed E-state index contributed by atoms with van der Waals surface area (Å²) in [6.45, 7) is 0. The van der Waals surface area contributed by atoms with Gasteiger partial charge in [-0.1, -0.05) is 12.1 Å². The first-order valence-electron chi connectivity index (χ1n) is 6.01. The first-order valence-corrected chi connectivity index (χ1v) is 6.82. The van der Waals surface area contributed by atoms with E-state index in [0.29, 0.717) is 10.3 Å². The molecular weight excluding hydrogens is 274 g/mol. The molecule has 0 saturated carbocycles. The Balaban J connectivity index is 2.23. The van der Waals surface area contributed by atoms with E-state index in [1.165, 1.54) is 11.3 Å². The van der Waals surface area contributed by atoms with Gasteiger partial charge in [0, 0.05) is 4.70 Å². The number of thiophene rings is 1. The molecule has 0 aliphatic rings. The molecule has 3 aromatic rings. The van der Waals surface area contributed by atoms with Crippen LogP contribution in [0.4, 0.5) is 5.69 Å². The third-order valence-corrected chi connectivity index (χ3v) is 4.31. The zero-order chi connectivity index (χ0) is 14.1. The highest BCUT2D eigenvalue weighted by atomic mass is 32.1. The second-order valence-electron chi connectivity index (χ2n) is 4.26. The molecule has 0 unspecified atom stereocenters. The van der Waals surface area contributed by atoms with Crippen molar-refractivity contribution in [1.29, 1.82) is 0 Å². The molecule has 0 atom stereocenters. The van der Waals surface area contributed by atoms with Gasteiger partial charge >= 0.3 is 0 Å². The Labute approximate surface area is 119 Å². The summed E-state index contributed by atoms with van der Waals surface area (Å²) in [5.41, 5.74) is 1.01. The van der Waals surface area contributed by atoms with Gasteiger partial charge in [0.15, 0.2) is 0 Å². The lowest BCUT2D eigenvalue weighted by atomic mass is 10.1. The van der Waals surface area contributed by atoms with E-state index in [9.17, 15) is 10.1 Å². The van der Waals surface area contributed by atoms with E-state index in [1.807, 2.05) is 42.5 Å². The Kier molecular flexibility index (Phi) is 3.12. The fourth-order valence-corrected chi connectivity index (χ4v) is 3.33. The molecular formula is C15H11NO3S. The van der Waals surface area contributed by atoms with Crippen LogP contribution >= 0.6 is 11.3 Å². The Morgan fingerprint density at radius 3 is 2.45 bits per heavy atom. The lowest BCUT2D eigenvalue weighted by Gasteiger charge is -2.01. The minimum atomic E-state index is -0.307. The number of nitrogens with zero attached hydrogens (tertiary/aromatic N) is 1. The summed E-state index contributed by atoms with van der Waals surface area (Å²) < 4.78 is 6.03. The van der Waals surface area contributed by atoms with Crippen molar-refractivity contribution in [3.8, 4) is 16.2 Å². The second kappa shape index (κ2) is 4.94. The molecule has 1 aromatic heterocycles. The van der Waals surface area contributed by atoms with Gasteiger partial charge in [0.2, 0.25) is 0 Å². The van der Waals surface area contributed by atoms with Crippen molar-refractivity contribution in [2.45, 2.75) is 0 Å². The van der Waals surface area contributed by atoms with Crippen LogP contribution in [0.15, 0.2) is 48.5 Å². The SMILES string of the molecule is COc1ccc(-c2sc3ccccc3c2[N+](=O)[O-])cc1. The van der Waals surface area contributed by atoms with E-state index in [-0.39, 0.29) is 10.6 Å². The quantitative estimate of drug-likeness (QED) is 0.526. The number of hydrogen-bond acceptors (Lipinski definition) is 4. The zero-order valence-electron chi connectivity index (χ0n) is 10.7. The van der Waals surface area contributed by atoms with Gasteiger partial charge in [0.25, 0.3) is 5.69 Å². The van der Waals surface area contributed by atoms with Crippen molar-refractivity contribution >= 4 is 27.1 Å². The summed E-state index contributed by atoms with van der Waals surface area (Å²) in [6.07, 6.45) is 0. The standard InChI is InChI=1S/C15H11NO3S/c1-19-11-8-6-10(7-9-11)15-14(16(17)18)12-4-2-3-5-13(12)20-15/h2-9H,1H3. The third-order valence-electron chi connectivity index (χ3n) is 3.10. The van der Waals surface area contributed by atoms with E-state index in [1.54, 1.807) is 13.2 Å². The highest BCUT2D eigenvalue weighted by Crippen LogP contribution is 2.43. The average Bonchev–Trinajstić information content (AvgIpc) is 2.86. The minimum Gasteiger partial charge on any atom is -0.497 e. The fraction of sp³-hybridized carbons (Fsp3) is 0.0667. The van der Waals surface area contributed by atoms with Crippen LogP contribution in [0.2, 0.25) is 0 Å². The molecule has 0 radical (unpaired) electrons. The molecule has 0 fully saturated rings. The number of fused-ring (bicyclic) bond motifs is 1. The number of methoxy groups -OCH3 is 1. The summed E-state index contributed by atoms with van der Waals surface area (Å²) in [7, 11) is 1.59. The Morgan fingerprint density at radius 2 is 1.80 bits per heavy atom. The van der Waals surface area contributed by atoms with Crippen molar-refractivity contribution < 1.29 is 9.66 Å². The predicted molar refractivity (Wildman–Crippen MR) is 80.5 cm³/mol. The maximum Gasteiger partial charge on any atom is 0.295 e. The summed E-state index contributed by atoms with van der Waals surface area (Å²) >= 11 is 1.44. The molecule has 0 bridgehead atoms. The lowest BCUT2D eigenvalue weighted by Crippen LogP contribution is -1.89. The summed E-state index contributed by atoms with van der Waals surface area (Å²) in [5.74, 6) is 0.734. The first-order chi connectivity index (χ1) is 9.70. The van der Waals surface area contributed by atoms with Crippen LogP contribution in [0.3, 0.4) is 0 Å². The maximum absolute atomic E-state index is 11.4. The molecule has 5 heteroatoms. The molecule has 3 rings (SSSR count). The lowest BCUT2D eigenvalue weighted by molar-refractivity contribution is -0.382. The molecule has 2 aromatic carbocycles. The first kappa shape index (κ1) is 12.6. The van der Waals surface area contributed by atoms with Crippen molar-refractivity contribution in [1.82, 2.24) is 0 Å². The monoisotopic (exact) mass is 285 g/mol. The molecule has 100 valence electrons. The van der Waals surface area contributed by atoms with E-state index >= 15 is 0 Å². The summed E-state index contributed by atoms with van der Waals surface area (Å²) in [4.78, 5) is 11.8. The van der Waals surface area contributed by atoms with E-state index in [4.69, 9.17) is 4.74 Å². The molecule has 1 heterocycles. The van der Waals surface area contributed by atoms with Crippen molar-refractivity contribution in [3.05, 3.63) is 58.6 Å². The summed E-state index contributed by atoms with van der Waals surface area (Å²) in [6, 6.07) is 14.7. The van der Waals surface area contributed by atoms with Gasteiger partial charge in [0.05, 0.1) is 17.4 Å². The number of nitro groups is 1. The smallest absolute Gasteiger partial charge is 0.295 e.